The number of carbonyl (C=O) groups is 1. The zero-order chi connectivity index (χ0) is 17.1. The molecule has 2 aromatic carbocycles. The van der Waals surface area contributed by atoms with E-state index in [1.807, 2.05) is 24.3 Å². The third-order valence-corrected chi connectivity index (χ3v) is 3.89. The number of aromatic nitrogens is 1. The Hall–Kier alpha value is -3.02. The van der Waals surface area contributed by atoms with E-state index in [1.165, 1.54) is 4.57 Å². The van der Waals surface area contributed by atoms with Gasteiger partial charge < -0.3 is 14.5 Å². The van der Waals surface area contributed by atoms with Crippen molar-refractivity contribution in [2.75, 3.05) is 13.7 Å². The minimum atomic E-state index is -0.444. The molecular formula is C18H18N2O4. The Balaban J connectivity index is 1.65. The van der Waals surface area contributed by atoms with Crippen molar-refractivity contribution in [3.8, 4) is 5.75 Å². The molecule has 0 fully saturated rings. The van der Waals surface area contributed by atoms with Gasteiger partial charge in [0.15, 0.2) is 5.58 Å². The number of hydrogen-bond donors (Lipinski definition) is 1. The highest BCUT2D eigenvalue weighted by Gasteiger charge is 2.10. The summed E-state index contributed by atoms with van der Waals surface area (Å²) in [5.74, 6) is 0.148. The standard InChI is InChI=1S/C18H18N2O4/c1-20-15-7-6-13(11-16(15)24-18(20)22)17(21)19-9-8-12-4-3-5-14(10-12)23-2/h3-7,10-11H,8-9H2,1-2H3,(H,19,21). The molecule has 0 saturated carbocycles. The van der Waals surface area contributed by atoms with E-state index in [9.17, 15) is 9.59 Å². The van der Waals surface area contributed by atoms with Crippen molar-refractivity contribution >= 4 is 17.0 Å². The number of benzene rings is 2. The Morgan fingerprint density at radius 1 is 1.25 bits per heavy atom. The summed E-state index contributed by atoms with van der Waals surface area (Å²) in [5, 5.41) is 2.86. The molecule has 24 heavy (non-hydrogen) atoms. The predicted octanol–water partition coefficient (Wildman–Crippen LogP) is 2.11. The van der Waals surface area contributed by atoms with Crippen LogP contribution in [0.2, 0.25) is 0 Å². The van der Waals surface area contributed by atoms with E-state index in [4.69, 9.17) is 9.15 Å². The summed E-state index contributed by atoms with van der Waals surface area (Å²) in [7, 11) is 3.25. The summed E-state index contributed by atoms with van der Waals surface area (Å²) in [6.07, 6.45) is 0.700. The van der Waals surface area contributed by atoms with E-state index in [1.54, 1.807) is 32.4 Å². The van der Waals surface area contributed by atoms with E-state index in [2.05, 4.69) is 5.32 Å². The van der Waals surface area contributed by atoms with Gasteiger partial charge in [-0.1, -0.05) is 12.1 Å². The summed E-state index contributed by atoms with van der Waals surface area (Å²) in [6.45, 7) is 0.503. The minimum absolute atomic E-state index is 0.203. The van der Waals surface area contributed by atoms with Gasteiger partial charge in [0.05, 0.1) is 12.6 Å². The molecule has 1 N–H and O–H groups in total. The third-order valence-electron chi connectivity index (χ3n) is 3.89. The van der Waals surface area contributed by atoms with Gasteiger partial charge in [-0.2, -0.15) is 0 Å². The molecule has 0 atom stereocenters. The van der Waals surface area contributed by atoms with Crippen molar-refractivity contribution in [3.63, 3.8) is 0 Å². The Labute approximate surface area is 138 Å². The lowest BCUT2D eigenvalue weighted by Crippen LogP contribution is -2.25. The number of hydrogen-bond acceptors (Lipinski definition) is 4. The molecule has 0 spiro atoms. The molecule has 0 aliphatic heterocycles. The minimum Gasteiger partial charge on any atom is -0.497 e. The van der Waals surface area contributed by atoms with Gasteiger partial charge in [0.25, 0.3) is 5.91 Å². The number of aryl methyl sites for hydroxylation is 1. The van der Waals surface area contributed by atoms with Gasteiger partial charge in [0.2, 0.25) is 0 Å². The van der Waals surface area contributed by atoms with Crippen LogP contribution in [-0.2, 0) is 13.5 Å². The first-order chi connectivity index (χ1) is 11.6. The lowest BCUT2D eigenvalue weighted by Gasteiger charge is -2.07. The highest BCUT2D eigenvalue weighted by Crippen LogP contribution is 2.15. The van der Waals surface area contributed by atoms with Crippen LogP contribution < -0.4 is 15.8 Å². The molecule has 3 aromatic rings. The first kappa shape index (κ1) is 15.9. The van der Waals surface area contributed by atoms with Gasteiger partial charge in [-0.15, -0.1) is 0 Å². The van der Waals surface area contributed by atoms with Crippen LogP contribution >= 0.6 is 0 Å². The molecule has 6 nitrogen and oxygen atoms in total. The average Bonchev–Trinajstić information content (AvgIpc) is 2.88. The van der Waals surface area contributed by atoms with Gasteiger partial charge >= 0.3 is 5.76 Å². The van der Waals surface area contributed by atoms with Crippen LogP contribution in [0.25, 0.3) is 11.1 Å². The molecule has 1 amide bonds. The number of rotatable bonds is 5. The molecule has 3 rings (SSSR count). The Bertz CT molecular complexity index is 940. The van der Waals surface area contributed by atoms with E-state index >= 15 is 0 Å². The normalized spacial score (nSPS) is 10.8. The van der Waals surface area contributed by atoms with Crippen LogP contribution in [0.3, 0.4) is 0 Å². The van der Waals surface area contributed by atoms with Crippen LogP contribution in [-0.4, -0.2) is 24.1 Å². The molecule has 6 heteroatoms. The van der Waals surface area contributed by atoms with Gasteiger partial charge in [-0.05, 0) is 42.3 Å². The molecule has 0 aliphatic carbocycles. The van der Waals surface area contributed by atoms with Crippen molar-refractivity contribution < 1.29 is 13.9 Å². The van der Waals surface area contributed by atoms with E-state index in [0.29, 0.717) is 29.6 Å². The molecule has 1 heterocycles. The topological polar surface area (TPSA) is 73.5 Å². The van der Waals surface area contributed by atoms with Crippen LogP contribution in [0.15, 0.2) is 51.7 Å². The number of fused-ring (bicyclic) bond motifs is 1. The predicted molar refractivity (Wildman–Crippen MR) is 90.5 cm³/mol. The lowest BCUT2D eigenvalue weighted by molar-refractivity contribution is 0.0954. The fraction of sp³-hybridized carbons (Fsp3) is 0.222. The van der Waals surface area contributed by atoms with Crippen molar-refractivity contribution in [2.45, 2.75) is 6.42 Å². The number of carbonyl (C=O) groups excluding carboxylic acids is 1. The van der Waals surface area contributed by atoms with Crippen LogP contribution in [0.1, 0.15) is 15.9 Å². The third kappa shape index (κ3) is 3.17. The molecule has 0 radical (unpaired) electrons. The Kier molecular flexibility index (Phi) is 4.37. The Morgan fingerprint density at radius 2 is 2.08 bits per heavy atom. The smallest absolute Gasteiger partial charge is 0.419 e. The van der Waals surface area contributed by atoms with Gasteiger partial charge in [0, 0.05) is 19.2 Å². The van der Waals surface area contributed by atoms with E-state index in [0.717, 1.165) is 11.3 Å². The maximum atomic E-state index is 12.2. The molecule has 124 valence electrons. The summed E-state index contributed by atoms with van der Waals surface area (Å²) < 4.78 is 11.7. The molecule has 0 unspecified atom stereocenters. The van der Waals surface area contributed by atoms with Gasteiger partial charge in [0.1, 0.15) is 5.75 Å². The Morgan fingerprint density at radius 3 is 2.88 bits per heavy atom. The van der Waals surface area contributed by atoms with Crippen molar-refractivity contribution in [2.24, 2.45) is 7.05 Å². The summed E-state index contributed by atoms with van der Waals surface area (Å²) >= 11 is 0. The second-order valence-corrected chi connectivity index (χ2v) is 5.47. The second-order valence-electron chi connectivity index (χ2n) is 5.47. The van der Waals surface area contributed by atoms with Crippen LogP contribution in [0, 0.1) is 0 Å². The summed E-state index contributed by atoms with van der Waals surface area (Å²) in [4.78, 5) is 23.7. The molecule has 0 saturated heterocycles. The average molecular weight is 326 g/mol. The first-order valence-corrected chi connectivity index (χ1v) is 7.59. The fourth-order valence-corrected chi connectivity index (χ4v) is 2.53. The number of oxazole rings is 1. The van der Waals surface area contributed by atoms with Crippen molar-refractivity contribution in [3.05, 3.63) is 64.1 Å². The van der Waals surface area contributed by atoms with Crippen molar-refractivity contribution in [1.29, 1.82) is 0 Å². The van der Waals surface area contributed by atoms with Gasteiger partial charge in [-0.3, -0.25) is 9.36 Å². The zero-order valence-electron chi connectivity index (χ0n) is 13.5. The highest BCUT2D eigenvalue weighted by atomic mass is 16.5. The SMILES string of the molecule is COc1cccc(CCNC(=O)c2ccc3c(c2)oc(=O)n3C)c1. The van der Waals surface area contributed by atoms with E-state index in [-0.39, 0.29) is 5.91 Å². The van der Waals surface area contributed by atoms with Crippen LogP contribution in [0.4, 0.5) is 0 Å². The van der Waals surface area contributed by atoms with Crippen molar-refractivity contribution in [1.82, 2.24) is 9.88 Å². The second kappa shape index (κ2) is 6.62. The first-order valence-electron chi connectivity index (χ1n) is 7.59. The molecule has 1 aromatic heterocycles. The summed E-state index contributed by atoms with van der Waals surface area (Å²) in [5.41, 5.74) is 2.61. The maximum Gasteiger partial charge on any atom is 0.419 e. The number of ether oxygens (including phenoxy) is 1. The number of methoxy groups -OCH3 is 1. The monoisotopic (exact) mass is 326 g/mol. The highest BCUT2D eigenvalue weighted by molar-refractivity contribution is 5.97. The molecule has 0 bridgehead atoms. The summed E-state index contributed by atoms with van der Waals surface area (Å²) in [6, 6.07) is 12.7. The van der Waals surface area contributed by atoms with E-state index < -0.39 is 5.76 Å². The number of amides is 1. The zero-order valence-corrected chi connectivity index (χ0v) is 13.5. The number of nitrogens with zero attached hydrogens (tertiary/aromatic N) is 1. The number of nitrogens with one attached hydrogen (secondary N) is 1. The van der Waals surface area contributed by atoms with Gasteiger partial charge in [-0.25, -0.2) is 4.79 Å². The van der Waals surface area contributed by atoms with Crippen LogP contribution in [0.5, 0.6) is 5.75 Å². The largest absolute Gasteiger partial charge is 0.497 e. The quantitative estimate of drug-likeness (QED) is 0.779. The molecular weight excluding hydrogens is 308 g/mol. The lowest BCUT2D eigenvalue weighted by atomic mass is 10.1. The fourth-order valence-electron chi connectivity index (χ4n) is 2.53. The maximum absolute atomic E-state index is 12.2. The molecule has 0 aliphatic rings.